The van der Waals surface area contributed by atoms with E-state index in [0.29, 0.717) is 36.3 Å². The van der Waals surface area contributed by atoms with Crippen molar-refractivity contribution < 1.29 is 33.3 Å². The summed E-state index contributed by atoms with van der Waals surface area (Å²) in [5.74, 6) is 1.20. The highest BCUT2D eigenvalue weighted by Crippen LogP contribution is 2.39. The average molecular weight is 939 g/mol. The molecule has 0 spiro atoms. The lowest BCUT2D eigenvalue weighted by molar-refractivity contribution is -0.151. The van der Waals surface area contributed by atoms with E-state index in [1.165, 1.54) is 5.56 Å². The van der Waals surface area contributed by atoms with Gasteiger partial charge in [0, 0.05) is 43.7 Å². The molecule has 2 aliphatic heterocycles. The van der Waals surface area contributed by atoms with Crippen LogP contribution in [-0.4, -0.2) is 62.4 Å². The minimum atomic E-state index is -1.27. The molecule has 5 rings (SSSR count). The van der Waals surface area contributed by atoms with E-state index in [0.717, 1.165) is 39.4 Å². The zero-order valence-corrected chi connectivity index (χ0v) is 46.3. The molecule has 2 fully saturated rings. The van der Waals surface area contributed by atoms with Gasteiger partial charge in [-0.1, -0.05) is 166 Å². The molecule has 2 aromatic carbocycles. The molecule has 8 heteroatoms. The molecule has 0 amide bonds. The summed E-state index contributed by atoms with van der Waals surface area (Å²) in [6.07, 6.45) is 18.0. The van der Waals surface area contributed by atoms with Crippen LogP contribution in [0, 0.1) is 75.0 Å². The molecule has 372 valence electrons. The van der Waals surface area contributed by atoms with Crippen LogP contribution < -0.4 is 0 Å². The highest BCUT2D eigenvalue weighted by Gasteiger charge is 2.46. The normalized spacial score (nSPS) is 28.8. The van der Waals surface area contributed by atoms with E-state index in [1.54, 1.807) is 0 Å². The van der Waals surface area contributed by atoms with Crippen LogP contribution in [0.15, 0.2) is 60.7 Å². The quantitative estimate of drug-likeness (QED) is 0.126. The monoisotopic (exact) mass is 939 g/mol. The number of ether oxygens (including phenoxy) is 5. The molecule has 0 aromatic heterocycles. The van der Waals surface area contributed by atoms with Gasteiger partial charge in [-0.25, -0.2) is 4.79 Å². The second kappa shape index (κ2) is 23.5. The Bertz CT molecular complexity index is 2120. The van der Waals surface area contributed by atoms with Crippen molar-refractivity contribution in [2.45, 2.75) is 186 Å². The number of allylic oxidation sites excluding steroid dienone is 2. The summed E-state index contributed by atoms with van der Waals surface area (Å²) in [5.41, 5.74) is 7.74. The van der Waals surface area contributed by atoms with Crippen molar-refractivity contribution in [3.05, 3.63) is 105 Å². The summed E-state index contributed by atoms with van der Waals surface area (Å²) in [6.45, 7) is 43.4. The zero-order valence-electron chi connectivity index (χ0n) is 45.3. The minimum Gasteiger partial charge on any atom is -0.462 e. The van der Waals surface area contributed by atoms with E-state index >= 15 is 0 Å². The maximum atomic E-state index is 13.3. The molecule has 4 unspecified atom stereocenters. The second-order valence-corrected chi connectivity index (χ2v) is 28.8. The Labute approximate surface area is 408 Å². The third-order valence-electron chi connectivity index (χ3n) is 14.0. The Morgan fingerprint density at radius 3 is 1.82 bits per heavy atom. The van der Waals surface area contributed by atoms with Gasteiger partial charge in [0.25, 0.3) is 0 Å². The fraction of sp³-hybridized carbons (Fsp3) is 0.627. The molecule has 2 aromatic rings. The van der Waals surface area contributed by atoms with E-state index in [4.69, 9.17) is 23.7 Å². The number of carbonyl (C=O) groups is 2. The van der Waals surface area contributed by atoms with Crippen LogP contribution >= 0.6 is 0 Å². The molecule has 2 saturated heterocycles. The zero-order chi connectivity index (χ0) is 50.3. The number of rotatable bonds is 11. The lowest BCUT2D eigenvalue weighted by atomic mass is 9.84. The lowest BCUT2D eigenvalue weighted by Crippen LogP contribution is -2.33. The number of ketones is 1. The molecular formula is C59H90O7Si. The van der Waals surface area contributed by atoms with Crippen LogP contribution in [0.3, 0.4) is 0 Å². The number of fused-ring (bicyclic) bond motifs is 2. The van der Waals surface area contributed by atoms with Gasteiger partial charge in [-0.15, -0.1) is 0 Å². The van der Waals surface area contributed by atoms with Crippen molar-refractivity contribution >= 4 is 32.0 Å². The minimum absolute atomic E-state index is 0.00157. The highest BCUT2D eigenvalue weighted by atomic mass is 28.3. The summed E-state index contributed by atoms with van der Waals surface area (Å²) in [7, 11) is -1.27. The van der Waals surface area contributed by atoms with E-state index in [1.807, 2.05) is 41.5 Å². The Hall–Kier alpha value is -3.40. The first-order chi connectivity index (χ1) is 31.0. The predicted octanol–water partition coefficient (Wildman–Crippen LogP) is 15.0. The Balaban J connectivity index is 0.000000298. The van der Waals surface area contributed by atoms with Crippen LogP contribution in [-0.2, 0) is 23.7 Å². The third kappa shape index (κ3) is 16.1. The first kappa shape index (κ1) is 56.2. The average Bonchev–Trinajstić information content (AvgIpc) is 3.73. The molecule has 7 nitrogen and oxygen atoms in total. The standard InChI is InChI=1S/C32H52O4Si.C27H38O3/c1-21(2)23(4)13-14-24(5)29-30(36-32(8,9)35-29)25(6)15-16-27-20-22(3)19-26(7)28(27)31(33)34-17-18-37(10,11)12;1-16-13-21(6)24-22(14-16)12-11-19(4)26-25(29-27(7,8)30-26)18(3)10-9-17(2)20(5)15-23(24)28/h13-16,19-21,23-25,29-30H,17-18H2,1-12H3;9-14,17-20,25-26H,15H2,1-8H3/b14-13-,16-15+;10-9-,12-11+/t23-,24?,25?,29-,30+;17-,18?,19?,20-,25-,26+/m11/s1. The van der Waals surface area contributed by atoms with Crippen molar-refractivity contribution in [3.8, 4) is 0 Å². The summed E-state index contributed by atoms with van der Waals surface area (Å²) >= 11 is 0. The van der Waals surface area contributed by atoms with Gasteiger partial charge >= 0.3 is 5.97 Å². The maximum Gasteiger partial charge on any atom is 0.338 e. The molecule has 2 heterocycles. The fourth-order valence-corrected chi connectivity index (χ4v) is 10.1. The Morgan fingerprint density at radius 2 is 1.24 bits per heavy atom. The van der Waals surface area contributed by atoms with Gasteiger partial charge in [-0.3, -0.25) is 4.79 Å². The van der Waals surface area contributed by atoms with Gasteiger partial charge < -0.3 is 23.7 Å². The number of carbonyl (C=O) groups excluding carboxylic acids is 2. The molecular weight excluding hydrogens is 849 g/mol. The maximum absolute atomic E-state index is 13.3. The van der Waals surface area contributed by atoms with E-state index < -0.39 is 19.6 Å². The van der Waals surface area contributed by atoms with Crippen LogP contribution in [0.2, 0.25) is 25.7 Å². The number of esters is 1. The Morgan fingerprint density at radius 1 is 0.716 bits per heavy atom. The third-order valence-corrected chi connectivity index (χ3v) is 15.7. The SMILES string of the molecule is Cc1cc(C)c(C(=O)OCC[Si](C)(C)C)c(/C=C/C(C)[C@@H]2OC(C)(C)O[C@@H]2C(C)/C=C\[C@@H](C)C(C)C)c1.Cc1cc(C)c2c(c1)/C=C/C(C)[C@@H]1OC(C)(C)O[C@@H]1C(C)/C=C\[C@@H](C)[C@H](C)CC2=O. The molecule has 67 heavy (non-hydrogen) atoms. The second-order valence-electron chi connectivity index (χ2n) is 23.2. The largest absolute Gasteiger partial charge is 0.462 e. The molecule has 0 radical (unpaired) electrons. The van der Waals surface area contributed by atoms with Gasteiger partial charge in [0.15, 0.2) is 17.4 Å². The predicted molar refractivity (Wildman–Crippen MR) is 282 cm³/mol. The first-order valence-electron chi connectivity index (χ1n) is 25.4. The van der Waals surface area contributed by atoms with E-state index in [2.05, 4.69) is 169 Å². The Kier molecular flexibility index (Phi) is 19.7. The summed E-state index contributed by atoms with van der Waals surface area (Å²) in [6, 6.07) is 9.31. The molecule has 0 N–H and O–H groups in total. The van der Waals surface area contributed by atoms with E-state index in [9.17, 15) is 9.59 Å². The highest BCUT2D eigenvalue weighted by molar-refractivity contribution is 6.76. The number of benzene rings is 2. The van der Waals surface area contributed by atoms with Crippen molar-refractivity contribution in [2.75, 3.05) is 6.61 Å². The van der Waals surface area contributed by atoms with Crippen LogP contribution in [0.25, 0.3) is 12.2 Å². The topological polar surface area (TPSA) is 80.3 Å². The van der Waals surface area contributed by atoms with Crippen molar-refractivity contribution in [1.29, 1.82) is 0 Å². The lowest BCUT2D eigenvalue weighted by Gasteiger charge is -2.25. The van der Waals surface area contributed by atoms with Crippen molar-refractivity contribution in [1.82, 2.24) is 0 Å². The number of hydrogen-bond acceptors (Lipinski definition) is 7. The number of hydrogen-bond donors (Lipinski definition) is 0. The summed E-state index contributed by atoms with van der Waals surface area (Å²) in [4.78, 5) is 26.4. The van der Waals surface area contributed by atoms with Crippen LogP contribution in [0.1, 0.15) is 151 Å². The van der Waals surface area contributed by atoms with Gasteiger partial charge in [-0.2, -0.15) is 0 Å². The fourth-order valence-electron chi connectivity index (χ4n) is 9.35. The molecule has 0 saturated carbocycles. The van der Waals surface area contributed by atoms with Crippen LogP contribution in [0.5, 0.6) is 0 Å². The molecule has 1 aliphatic carbocycles. The van der Waals surface area contributed by atoms with Gasteiger partial charge in [0.2, 0.25) is 0 Å². The van der Waals surface area contributed by atoms with Crippen LogP contribution in [0.4, 0.5) is 0 Å². The first-order valence-corrected chi connectivity index (χ1v) is 29.1. The summed E-state index contributed by atoms with van der Waals surface area (Å²) < 4.78 is 31.2. The van der Waals surface area contributed by atoms with Crippen molar-refractivity contribution in [2.24, 2.45) is 47.3 Å². The summed E-state index contributed by atoms with van der Waals surface area (Å²) in [5, 5.41) is 0. The van der Waals surface area contributed by atoms with E-state index in [-0.39, 0.29) is 65.8 Å². The number of Topliss-reactive ketones (excluding diaryl/α,β-unsaturated/α-hetero) is 1. The van der Waals surface area contributed by atoms with Crippen molar-refractivity contribution in [3.63, 3.8) is 0 Å². The molecule has 11 atom stereocenters. The smallest absolute Gasteiger partial charge is 0.338 e. The number of aryl methyl sites for hydroxylation is 4. The van der Waals surface area contributed by atoms with Gasteiger partial charge in [-0.05, 0) is 107 Å². The molecule has 0 bridgehead atoms. The van der Waals surface area contributed by atoms with Gasteiger partial charge in [0.1, 0.15) is 0 Å². The molecule has 3 aliphatic rings. The van der Waals surface area contributed by atoms with Gasteiger partial charge in [0.05, 0.1) is 36.6 Å².